The van der Waals surface area contributed by atoms with E-state index < -0.39 is 32.5 Å². The molecule has 0 rings (SSSR count). The van der Waals surface area contributed by atoms with Crippen LogP contribution in [0.25, 0.3) is 0 Å². The second kappa shape index (κ2) is 33.3. The van der Waals surface area contributed by atoms with Crippen LogP contribution < -0.4 is 0 Å². The number of unbranched alkanes of at least 4 members (excludes halogenated alkanes) is 18. The number of hydrogen-bond donors (Lipinski definition) is 1. The van der Waals surface area contributed by atoms with Gasteiger partial charge in [0.05, 0.1) is 27.7 Å². The van der Waals surface area contributed by atoms with E-state index in [0.29, 0.717) is 23.9 Å². The first kappa shape index (κ1) is 48.5. The zero-order valence-electron chi connectivity index (χ0n) is 32.9. The van der Waals surface area contributed by atoms with Crippen molar-refractivity contribution in [3.8, 4) is 0 Å². The van der Waals surface area contributed by atoms with E-state index in [4.69, 9.17) is 18.5 Å². The average molecular weight is 731 g/mol. The Labute approximate surface area is 307 Å². The van der Waals surface area contributed by atoms with Gasteiger partial charge in [0.15, 0.2) is 6.10 Å². The summed E-state index contributed by atoms with van der Waals surface area (Å²) in [6.07, 6.45) is 33.7. The fraction of sp³-hybridized carbons (Fsp3) is 0.850. The van der Waals surface area contributed by atoms with Crippen molar-refractivity contribution in [1.29, 1.82) is 0 Å². The molecule has 0 saturated carbocycles. The lowest BCUT2D eigenvalue weighted by molar-refractivity contribution is -0.870. The predicted molar refractivity (Wildman–Crippen MR) is 206 cm³/mol. The molecule has 0 aliphatic rings. The fourth-order valence-corrected chi connectivity index (χ4v) is 5.96. The van der Waals surface area contributed by atoms with Gasteiger partial charge in [-0.25, -0.2) is 4.57 Å². The van der Waals surface area contributed by atoms with Crippen molar-refractivity contribution < 1.29 is 42.1 Å². The molecule has 0 bridgehead atoms. The van der Waals surface area contributed by atoms with E-state index in [1.165, 1.54) is 70.6 Å². The Kier molecular flexibility index (Phi) is 32.3. The maximum Gasteiger partial charge on any atom is 0.472 e. The molecule has 0 saturated heterocycles. The summed E-state index contributed by atoms with van der Waals surface area (Å²) in [4.78, 5) is 35.2. The van der Waals surface area contributed by atoms with Crippen LogP contribution in [0, 0.1) is 0 Å². The molecule has 0 aliphatic carbocycles. The Hall–Kier alpha value is -1.51. The number of esters is 2. The summed E-state index contributed by atoms with van der Waals surface area (Å²) in [6, 6.07) is 0. The van der Waals surface area contributed by atoms with Gasteiger partial charge < -0.3 is 18.9 Å². The van der Waals surface area contributed by atoms with Crippen LogP contribution in [-0.4, -0.2) is 74.9 Å². The van der Waals surface area contributed by atoms with Crippen molar-refractivity contribution in [3.05, 3.63) is 24.3 Å². The van der Waals surface area contributed by atoms with Gasteiger partial charge in [0.1, 0.15) is 19.8 Å². The Morgan fingerprint density at radius 2 is 1.04 bits per heavy atom. The number of quaternary nitrogens is 1. The Morgan fingerprint density at radius 1 is 0.600 bits per heavy atom. The van der Waals surface area contributed by atoms with Crippen molar-refractivity contribution in [3.63, 3.8) is 0 Å². The van der Waals surface area contributed by atoms with Crippen molar-refractivity contribution in [2.75, 3.05) is 47.5 Å². The summed E-state index contributed by atoms with van der Waals surface area (Å²) < 4.78 is 34.1. The first-order valence-corrected chi connectivity index (χ1v) is 21.6. The smallest absolute Gasteiger partial charge is 0.462 e. The van der Waals surface area contributed by atoms with Crippen LogP contribution >= 0.6 is 7.82 Å². The molecule has 1 N–H and O–H groups in total. The number of phosphoric acid groups is 1. The van der Waals surface area contributed by atoms with E-state index in [9.17, 15) is 19.0 Å². The third-order valence-electron chi connectivity index (χ3n) is 8.45. The average Bonchev–Trinajstić information content (AvgIpc) is 3.06. The van der Waals surface area contributed by atoms with Crippen molar-refractivity contribution in [1.82, 2.24) is 0 Å². The summed E-state index contributed by atoms with van der Waals surface area (Å²) >= 11 is 0. The fourth-order valence-electron chi connectivity index (χ4n) is 5.22. The van der Waals surface area contributed by atoms with Gasteiger partial charge in [0.2, 0.25) is 0 Å². The van der Waals surface area contributed by atoms with Gasteiger partial charge in [-0.05, 0) is 57.8 Å². The molecule has 0 radical (unpaired) electrons. The summed E-state index contributed by atoms with van der Waals surface area (Å²) in [5, 5.41) is 0. The molecule has 10 heteroatoms. The predicted octanol–water partition coefficient (Wildman–Crippen LogP) is 10.8. The van der Waals surface area contributed by atoms with Gasteiger partial charge in [-0.2, -0.15) is 0 Å². The third kappa shape index (κ3) is 36.3. The molecule has 9 nitrogen and oxygen atoms in total. The maximum absolute atomic E-state index is 12.6. The number of carbonyl (C=O) groups excluding carboxylic acids is 2. The first-order valence-electron chi connectivity index (χ1n) is 20.1. The van der Waals surface area contributed by atoms with Gasteiger partial charge in [-0.1, -0.05) is 122 Å². The largest absolute Gasteiger partial charge is 0.472 e. The van der Waals surface area contributed by atoms with Crippen LogP contribution in [-0.2, 0) is 32.7 Å². The highest BCUT2D eigenvalue weighted by atomic mass is 31.2. The molecule has 0 heterocycles. The van der Waals surface area contributed by atoms with Crippen molar-refractivity contribution in [2.24, 2.45) is 0 Å². The zero-order chi connectivity index (χ0) is 37.2. The number of likely N-dealkylation sites (N-methyl/N-ethyl adjacent to an activating group) is 1. The molecule has 0 aromatic heterocycles. The lowest BCUT2D eigenvalue weighted by Crippen LogP contribution is -2.37. The van der Waals surface area contributed by atoms with Crippen LogP contribution in [0.2, 0.25) is 0 Å². The molecular formula is C40H77NO8P+. The number of hydrogen-bond acceptors (Lipinski definition) is 7. The highest BCUT2D eigenvalue weighted by Crippen LogP contribution is 2.43. The lowest BCUT2D eigenvalue weighted by atomic mass is 10.1. The SMILES string of the molecule is CCCC/C=C/CCCCCCCC(=O)O[C@H](COC(=O)CCCC/C=C/CCCCCCCCCCC)COP(=O)(O)OCC[N+](C)(C)C. The molecular weight excluding hydrogens is 653 g/mol. The zero-order valence-corrected chi connectivity index (χ0v) is 33.8. The third-order valence-corrected chi connectivity index (χ3v) is 9.44. The molecule has 0 spiro atoms. The van der Waals surface area contributed by atoms with Gasteiger partial charge in [0, 0.05) is 12.8 Å². The summed E-state index contributed by atoms with van der Waals surface area (Å²) in [7, 11) is 1.46. The van der Waals surface area contributed by atoms with E-state index in [-0.39, 0.29) is 26.1 Å². The summed E-state index contributed by atoms with van der Waals surface area (Å²) in [5.41, 5.74) is 0. The van der Waals surface area contributed by atoms with E-state index in [1.807, 2.05) is 21.1 Å². The second-order valence-electron chi connectivity index (χ2n) is 14.7. The number of phosphoric ester groups is 1. The second-order valence-corrected chi connectivity index (χ2v) is 16.1. The molecule has 1 unspecified atom stereocenters. The lowest BCUT2D eigenvalue weighted by Gasteiger charge is -2.24. The van der Waals surface area contributed by atoms with Crippen molar-refractivity contribution >= 4 is 19.8 Å². The standard InChI is InChI=1S/C40H76NO8P/c1-6-8-10-12-14-16-18-19-20-21-23-24-26-28-30-32-39(42)46-36-38(37-48-50(44,45)47-35-34-41(3,4)5)49-40(43)33-31-29-27-25-22-17-15-13-11-9-7-2/h13,15,23-24,38H,6-12,14,16-22,25-37H2,1-5H3/p+1/b15-13+,24-23+/t38-/m1/s1. The summed E-state index contributed by atoms with van der Waals surface area (Å²) in [5.74, 6) is -0.835. The highest BCUT2D eigenvalue weighted by Gasteiger charge is 2.27. The van der Waals surface area contributed by atoms with Crippen LogP contribution in [0.4, 0.5) is 0 Å². The number of allylic oxidation sites excluding steroid dienone is 4. The van der Waals surface area contributed by atoms with Crippen LogP contribution in [0.1, 0.15) is 168 Å². The first-order chi connectivity index (χ1) is 24.0. The van der Waals surface area contributed by atoms with Crippen LogP contribution in [0.5, 0.6) is 0 Å². The Morgan fingerprint density at radius 3 is 1.58 bits per heavy atom. The molecule has 0 aromatic rings. The van der Waals surface area contributed by atoms with E-state index in [1.54, 1.807) is 0 Å². The van der Waals surface area contributed by atoms with E-state index >= 15 is 0 Å². The topological polar surface area (TPSA) is 108 Å². The van der Waals surface area contributed by atoms with Crippen LogP contribution in [0.15, 0.2) is 24.3 Å². The number of rotatable bonds is 36. The maximum atomic E-state index is 12.6. The quantitative estimate of drug-likeness (QED) is 0.0223. The van der Waals surface area contributed by atoms with E-state index in [0.717, 1.165) is 57.8 Å². The molecule has 0 aromatic carbocycles. The number of ether oxygens (including phenoxy) is 2. The monoisotopic (exact) mass is 731 g/mol. The Bertz CT molecular complexity index is 918. The molecule has 0 fully saturated rings. The number of carbonyl (C=O) groups is 2. The minimum absolute atomic E-state index is 0.0281. The Balaban J connectivity index is 4.43. The van der Waals surface area contributed by atoms with Crippen LogP contribution in [0.3, 0.4) is 0 Å². The molecule has 0 aliphatic heterocycles. The molecule has 294 valence electrons. The summed E-state index contributed by atoms with van der Waals surface area (Å²) in [6.45, 7) is 4.34. The molecule has 50 heavy (non-hydrogen) atoms. The molecule has 2 atom stereocenters. The van der Waals surface area contributed by atoms with Gasteiger partial charge in [0.25, 0.3) is 0 Å². The highest BCUT2D eigenvalue weighted by molar-refractivity contribution is 7.47. The van der Waals surface area contributed by atoms with Gasteiger partial charge in [-0.15, -0.1) is 0 Å². The minimum atomic E-state index is -4.37. The normalized spacial score (nSPS) is 14.0. The van der Waals surface area contributed by atoms with E-state index in [2.05, 4.69) is 38.2 Å². The number of nitrogens with zero attached hydrogens (tertiary/aromatic N) is 1. The van der Waals surface area contributed by atoms with Gasteiger partial charge >= 0.3 is 19.8 Å². The van der Waals surface area contributed by atoms with Crippen molar-refractivity contribution in [2.45, 2.75) is 174 Å². The molecule has 0 amide bonds. The van der Waals surface area contributed by atoms with Gasteiger partial charge in [-0.3, -0.25) is 18.6 Å². The minimum Gasteiger partial charge on any atom is -0.462 e.